The largest absolute Gasteiger partial charge is 0.350 e. The molecule has 0 aromatic heterocycles. The first-order chi connectivity index (χ1) is 13.7. The SMILES string of the molecule is CCN(CC(=O)NCc1ccc(F)cc1)C(=O)CCS(=O)(=O)c1ccc(C)cc1. The minimum Gasteiger partial charge on any atom is -0.350 e. The normalized spacial score (nSPS) is 11.1. The molecule has 0 spiro atoms. The highest BCUT2D eigenvalue weighted by Gasteiger charge is 2.20. The third-order valence-electron chi connectivity index (χ3n) is 4.44. The molecule has 1 N–H and O–H groups in total. The standard InChI is InChI=1S/C21H25FN2O4S/c1-3-24(15-20(25)23-14-17-6-8-18(22)9-7-17)21(26)12-13-29(27,28)19-10-4-16(2)5-11-19/h4-11H,3,12-15H2,1-2H3,(H,23,25). The lowest BCUT2D eigenvalue weighted by molar-refractivity contribution is -0.135. The predicted molar refractivity (Wildman–Crippen MR) is 108 cm³/mol. The number of likely N-dealkylation sites (N-methyl/N-ethyl adjacent to an activating group) is 1. The molecule has 156 valence electrons. The topological polar surface area (TPSA) is 83.6 Å². The van der Waals surface area contributed by atoms with Gasteiger partial charge in [-0.05, 0) is 43.7 Å². The quantitative estimate of drug-likeness (QED) is 0.676. The Kier molecular flexibility index (Phi) is 7.90. The van der Waals surface area contributed by atoms with Crippen LogP contribution in [0.25, 0.3) is 0 Å². The Balaban J connectivity index is 1.86. The first-order valence-corrected chi connectivity index (χ1v) is 10.9. The van der Waals surface area contributed by atoms with Crippen LogP contribution >= 0.6 is 0 Å². The fourth-order valence-corrected chi connectivity index (χ4v) is 3.88. The van der Waals surface area contributed by atoms with Crippen LogP contribution in [-0.2, 0) is 26.0 Å². The van der Waals surface area contributed by atoms with Gasteiger partial charge in [0.2, 0.25) is 11.8 Å². The van der Waals surface area contributed by atoms with Gasteiger partial charge in [0, 0.05) is 19.5 Å². The van der Waals surface area contributed by atoms with Crippen molar-refractivity contribution in [3.63, 3.8) is 0 Å². The molecule has 0 bridgehead atoms. The Morgan fingerprint density at radius 3 is 2.24 bits per heavy atom. The van der Waals surface area contributed by atoms with E-state index >= 15 is 0 Å². The molecular formula is C21H25FN2O4S. The maximum atomic E-state index is 12.9. The van der Waals surface area contributed by atoms with Crippen LogP contribution in [-0.4, -0.2) is 44.0 Å². The third-order valence-corrected chi connectivity index (χ3v) is 6.17. The summed E-state index contributed by atoms with van der Waals surface area (Å²) in [6, 6.07) is 12.2. The summed E-state index contributed by atoms with van der Waals surface area (Å²) in [7, 11) is -3.57. The van der Waals surface area contributed by atoms with Gasteiger partial charge in [-0.15, -0.1) is 0 Å². The number of sulfone groups is 1. The number of rotatable bonds is 9. The second-order valence-corrected chi connectivity index (χ2v) is 8.80. The van der Waals surface area contributed by atoms with Crippen molar-refractivity contribution in [1.82, 2.24) is 10.2 Å². The number of hydrogen-bond acceptors (Lipinski definition) is 4. The molecule has 0 aliphatic carbocycles. The molecule has 0 heterocycles. The van der Waals surface area contributed by atoms with Gasteiger partial charge in [0.25, 0.3) is 0 Å². The lowest BCUT2D eigenvalue weighted by atomic mass is 10.2. The molecule has 2 amide bonds. The molecule has 2 aromatic carbocycles. The van der Waals surface area contributed by atoms with Gasteiger partial charge in [-0.1, -0.05) is 29.8 Å². The van der Waals surface area contributed by atoms with Crippen LogP contribution in [0.5, 0.6) is 0 Å². The van der Waals surface area contributed by atoms with Gasteiger partial charge in [0.15, 0.2) is 9.84 Å². The molecule has 29 heavy (non-hydrogen) atoms. The van der Waals surface area contributed by atoms with Crippen LogP contribution in [0.4, 0.5) is 4.39 Å². The Bertz CT molecular complexity index is 942. The maximum Gasteiger partial charge on any atom is 0.239 e. The van der Waals surface area contributed by atoms with Crippen LogP contribution in [0.1, 0.15) is 24.5 Å². The van der Waals surface area contributed by atoms with Crippen LogP contribution in [0.2, 0.25) is 0 Å². The average molecular weight is 421 g/mol. The van der Waals surface area contributed by atoms with E-state index in [4.69, 9.17) is 0 Å². The van der Waals surface area contributed by atoms with E-state index in [0.717, 1.165) is 11.1 Å². The average Bonchev–Trinajstić information content (AvgIpc) is 2.70. The first kappa shape index (κ1) is 22.5. The van der Waals surface area contributed by atoms with E-state index in [1.165, 1.54) is 29.2 Å². The van der Waals surface area contributed by atoms with Gasteiger partial charge >= 0.3 is 0 Å². The Labute approximate surface area is 170 Å². The van der Waals surface area contributed by atoms with E-state index in [1.807, 2.05) is 6.92 Å². The minimum atomic E-state index is -3.57. The smallest absolute Gasteiger partial charge is 0.239 e. The van der Waals surface area contributed by atoms with Crippen molar-refractivity contribution in [2.24, 2.45) is 0 Å². The first-order valence-electron chi connectivity index (χ1n) is 9.29. The number of hydrogen-bond donors (Lipinski definition) is 1. The summed E-state index contributed by atoms with van der Waals surface area (Å²) >= 11 is 0. The van der Waals surface area contributed by atoms with Crippen molar-refractivity contribution in [2.75, 3.05) is 18.8 Å². The number of nitrogens with zero attached hydrogens (tertiary/aromatic N) is 1. The van der Waals surface area contributed by atoms with Gasteiger partial charge in [0.1, 0.15) is 5.82 Å². The van der Waals surface area contributed by atoms with E-state index < -0.39 is 15.7 Å². The van der Waals surface area contributed by atoms with Gasteiger partial charge < -0.3 is 10.2 Å². The molecule has 0 radical (unpaired) electrons. The summed E-state index contributed by atoms with van der Waals surface area (Å²) in [6.07, 6.45) is -0.199. The van der Waals surface area contributed by atoms with Gasteiger partial charge in [-0.2, -0.15) is 0 Å². The second kappa shape index (κ2) is 10.2. The van der Waals surface area contributed by atoms with Crippen LogP contribution in [0, 0.1) is 12.7 Å². The van der Waals surface area contributed by atoms with E-state index in [2.05, 4.69) is 5.32 Å². The summed E-state index contributed by atoms with van der Waals surface area (Å²) in [4.78, 5) is 26.0. The molecule has 2 aromatic rings. The highest BCUT2D eigenvalue weighted by atomic mass is 32.2. The molecule has 2 rings (SSSR count). The number of nitrogens with one attached hydrogen (secondary N) is 1. The minimum absolute atomic E-state index is 0.166. The fraction of sp³-hybridized carbons (Fsp3) is 0.333. The summed E-state index contributed by atoms with van der Waals surface area (Å²) in [6.45, 7) is 3.92. The van der Waals surface area contributed by atoms with Crippen molar-refractivity contribution >= 4 is 21.7 Å². The molecule has 8 heteroatoms. The van der Waals surface area contributed by atoms with Crippen LogP contribution < -0.4 is 5.32 Å². The van der Waals surface area contributed by atoms with Crippen molar-refractivity contribution < 1.29 is 22.4 Å². The van der Waals surface area contributed by atoms with Crippen molar-refractivity contribution in [3.8, 4) is 0 Å². The number of carbonyl (C=O) groups excluding carboxylic acids is 2. The molecule has 0 aliphatic heterocycles. The summed E-state index contributed by atoms with van der Waals surface area (Å²) in [5.74, 6) is -1.45. The summed E-state index contributed by atoms with van der Waals surface area (Å²) < 4.78 is 37.7. The van der Waals surface area contributed by atoms with Crippen molar-refractivity contribution in [2.45, 2.75) is 31.7 Å². The number of carbonyl (C=O) groups is 2. The molecule has 0 fully saturated rings. The van der Waals surface area contributed by atoms with E-state index in [-0.39, 0.29) is 48.4 Å². The molecular weight excluding hydrogens is 395 g/mol. The predicted octanol–water partition coefficient (Wildman–Crippen LogP) is 2.46. The Morgan fingerprint density at radius 1 is 1.03 bits per heavy atom. The highest BCUT2D eigenvalue weighted by molar-refractivity contribution is 7.91. The number of halogens is 1. The number of aryl methyl sites for hydroxylation is 1. The van der Waals surface area contributed by atoms with Gasteiger partial charge in [0.05, 0.1) is 17.2 Å². The molecule has 0 aliphatic rings. The maximum absolute atomic E-state index is 12.9. The van der Waals surface area contributed by atoms with Gasteiger partial charge in [-0.25, -0.2) is 12.8 Å². The zero-order valence-corrected chi connectivity index (χ0v) is 17.3. The monoisotopic (exact) mass is 420 g/mol. The Morgan fingerprint density at radius 2 is 1.66 bits per heavy atom. The molecule has 0 saturated carbocycles. The molecule has 6 nitrogen and oxygen atoms in total. The third kappa shape index (κ3) is 6.98. The Hall–Kier alpha value is -2.74. The van der Waals surface area contributed by atoms with E-state index in [1.54, 1.807) is 31.2 Å². The van der Waals surface area contributed by atoms with E-state index in [0.29, 0.717) is 0 Å². The zero-order valence-electron chi connectivity index (χ0n) is 16.5. The fourth-order valence-electron chi connectivity index (χ4n) is 2.65. The lowest BCUT2D eigenvalue weighted by Crippen LogP contribution is -2.40. The lowest BCUT2D eigenvalue weighted by Gasteiger charge is -2.20. The molecule has 0 atom stereocenters. The number of amides is 2. The van der Waals surface area contributed by atoms with Gasteiger partial charge in [-0.3, -0.25) is 9.59 Å². The highest BCUT2D eigenvalue weighted by Crippen LogP contribution is 2.13. The van der Waals surface area contributed by atoms with E-state index in [9.17, 15) is 22.4 Å². The van der Waals surface area contributed by atoms with Crippen LogP contribution in [0.15, 0.2) is 53.4 Å². The summed E-state index contributed by atoms with van der Waals surface area (Å²) in [5.41, 5.74) is 1.68. The molecule has 0 unspecified atom stereocenters. The summed E-state index contributed by atoms with van der Waals surface area (Å²) in [5, 5.41) is 2.67. The van der Waals surface area contributed by atoms with Crippen LogP contribution in [0.3, 0.4) is 0 Å². The molecule has 0 saturated heterocycles. The van der Waals surface area contributed by atoms with Crippen molar-refractivity contribution in [3.05, 3.63) is 65.5 Å². The van der Waals surface area contributed by atoms with Crippen molar-refractivity contribution in [1.29, 1.82) is 0 Å². The second-order valence-electron chi connectivity index (χ2n) is 6.69. The number of benzene rings is 2. The zero-order chi connectivity index (χ0) is 21.4.